The first-order valence-corrected chi connectivity index (χ1v) is 16.5. The Balaban J connectivity index is 1.22. The molecule has 0 radical (unpaired) electrons. The van der Waals surface area contributed by atoms with E-state index >= 15 is 0 Å². The minimum Gasteiger partial charge on any atom is -0.396 e. The Hall–Kier alpha value is -0.440. The maximum atomic E-state index is 12.7. The van der Waals surface area contributed by atoms with Gasteiger partial charge in [0.05, 0.1) is 36.6 Å². The molecule has 1 spiro atoms. The molecule has 8 N–H and O–H groups in total. The molecule has 6 aliphatic rings. The molecule has 0 aromatic rings. The molecule has 11 heteroatoms. The van der Waals surface area contributed by atoms with Gasteiger partial charge in [-0.25, -0.2) is 0 Å². The highest BCUT2D eigenvalue weighted by atomic mass is 16.7. The van der Waals surface area contributed by atoms with Crippen LogP contribution < -0.4 is 0 Å². The van der Waals surface area contributed by atoms with E-state index in [1.165, 1.54) is 0 Å². The number of aliphatic hydroxyl groups excluding tert-OH is 7. The smallest absolute Gasteiger partial charge is 0.186 e. The Bertz CT molecular complexity index is 1030. The minimum absolute atomic E-state index is 0.0170. The summed E-state index contributed by atoms with van der Waals surface area (Å²) in [6, 6.07) is 0. The first-order valence-electron chi connectivity index (χ1n) is 16.5. The molecule has 43 heavy (non-hydrogen) atoms. The Kier molecular flexibility index (Phi) is 8.37. The SMILES string of the molecule is C[C@H](CO)CCC[C@@H](C)[C@H]1[C@@H](O)[C@H](O)[C@@H]2[C@]1(C)CC[C@H]1[C@@]2(O)C[C@@H](O)[C@]23O[C@H]2[C@@H](O[C@@H]2OC[C@@H](O)C(O)[C@@H]2O)CC[C@]13C. The van der Waals surface area contributed by atoms with Gasteiger partial charge >= 0.3 is 0 Å². The van der Waals surface area contributed by atoms with Gasteiger partial charge in [-0.15, -0.1) is 0 Å². The van der Waals surface area contributed by atoms with Crippen LogP contribution in [0.2, 0.25) is 0 Å². The summed E-state index contributed by atoms with van der Waals surface area (Å²) in [5.74, 6) is -0.751. The third-order valence-corrected chi connectivity index (χ3v) is 13.3. The fourth-order valence-corrected chi connectivity index (χ4v) is 11.2. The summed E-state index contributed by atoms with van der Waals surface area (Å²) in [4.78, 5) is 0. The van der Waals surface area contributed by atoms with Crippen molar-refractivity contribution in [3.05, 3.63) is 0 Å². The van der Waals surface area contributed by atoms with Crippen LogP contribution in [0.1, 0.15) is 79.1 Å². The zero-order chi connectivity index (χ0) is 31.3. The average molecular weight is 615 g/mol. The van der Waals surface area contributed by atoms with Crippen molar-refractivity contribution in [3.63, 3.8) is 0 Å². The number of aliphatic hydroxyl groups is 8. The van der Waals surface area contributed by atoms with Crippen molar-refractivity contribution in [2.75, 3.05) is 13.2 Å². The van der Waals surface area contributed by atoms with Crippen molar-refractivity contribution in [3.8, 4) is 0 Å². The molecule has 2 aliphatic heterocycles. The molecule has 2 heterocycles. The summed E-state index contributed by atoms with van der Waals surface area (Å²) < 4.78 is 17.9. The fraction of sp³-hybridized carbons (Fsp3) is 1.00. The Labute approximate surface area is 254 Å². The summed E-state index contributed by atoms with van der Waals surface area (Å²) in [6.45, 7) is 8.29. The molecular weight excluding hydrogens is 560 g/mol. The lowest BCUT2D eigenvalue weighted by atomic mass is 9.41. The van der Waals surface area contributed by atoms with Gasteiger partial charge in [0.1, 0.15) is 30.0 Å². The van der Waals surface area contributed by atoms with Crippen molar-refractivity contribution >= 4 is 0 Å². The van der Waals surface area contributed by atoms with E-state index in [1.807, 2.05) is 6.92 Å². The van der Waals surface area contributed by atoms with Crippen molar-refractivity contribution in [1.82, 2.24) is 0 Å². The van der Waals surface area contributed by atoms with Gasteiger partial charge in [0.2, 0.25) is 0 Å². The second-order valence-electron chi connectivity index (χ2n) is 15.7. The Morgan fingerprint density at radius 3 is 2.33 bits per heavy atom. The number of hydrogen-bond acceptors (Lipinski definition) is 11. The molecule has 6 fully saturated rings. The number of hydrogen-bond donors (Lipinski definition) is 8. The van der Waals surface area contributed by atoms with Crippen molar-refractivity contribution in [2.24, 2.45) is 40.4 Å². The van der Waals surface area contributed by atoms with Gasteiger partial charge in [0.15, 0.2) is 6.29 Å². The van der Waals surface area contributed by atoms with Crippen LogP contribution in [0.4, 0.5) is 0 Å². The molecule has 6 rings (SSSR count). The summed E-state index contributed by atoms with van der Waals surface area (Å²) in [5.41, 5.74) is -3.51. The summed E-state index contributed by atoms with van der Waals surface area (Å²) in [5, 5.41) is 87.3. The molecule has 11 nitrogen and oxygen atoms in total. The van der Waals surface area contributed by atoms with Crippen LogP contribution in [0, 0.1) is 40.4 Å². The molecule has 0 amide bonds. The lowest BCUT2D eigenvalue weighted by Crippen LogP contribution is -2.72. The van der Waals surface area contributed by atoms with Crippen LogP contribution in [0.5, 0.6) is 0 Å². The molecule has 248 valence electrons. The lowest BCUT2D eigenvalue weighted by molar-refractivity contribution is -0.291. The Morgan fingerprint density at radius 1 is 0.907 bits per heavy atom. The van der Waals surface area contributed by atoms with Crippen LogP contribution in [0.25, 0.3) is 0 Å². The second kappa shape index (κ2) is 11.1. The average Bonchev–Trinajstić information content (AvgIpc) is 3.68. The predicted molar refractivity (Wildman–Crippen MR) is 152 cm³/mol. The highest BCUT2D eigenvalue weighted by molar-refractivity contribution is 5.31. The quantitative estimate of drug-likeness (QED) is 0.136. The van der Waals surface area contributed by atoms with E-state index in [0.29, 0.717) is 19.3 Å². The van der Waals surface area contributed by atoms with Gasteiger partial charge in [-0.2, -0.15) is 0 Å². The van der Waals surface area contributed by atoms with E-state index in [9.17, 15) is 40.9 Å². The predicted octanol–water partition coefficient (Wildman–Crippen LogP) is 0.0629. The van der Waals surface area contributed by atoms with Gasteiger partial charge in [0, 0.05) is 24.4 Å². The van der Waals surface area contributed by atoms with Crippen molar-refractivity contribution in [1.29, 1.82) is 0 Å². The highest BCUT2D eigenvalue weighted by Gasteiger charge is 2.83. The van der Waals surface area contributed by atoms with Crippen LogP contribution in [-0.2, 0) is 14.2 Å². The molecule has 0 aromatic heterocycles. The maximum Gasteiger partial charge on any atom is 0.186 e. The third-order valence-electron chi connectivity index (χ3n) is 13.3. The number of fused-ring (bicyclic) bond motifs is 4. The zero-order valence-electron chi connectivity index (χ0n) is 26.0. The van der Waals surface area contributed by atoms with E-state index in [1.54, 1.807) is 0 Å². The van der Waals surface area contributed by atoms with Crippen LogP contribution in [-0.4, -0.2) is 120 Å². The summed E-state index contributed by atoms with van der Waals surface area (Å²) in [7, 11) is 0. The summed E-state index contributed by atoms with van der Waals surface area (Å²) in [6.07, 6.45) is -4.11. The minimum atomic E-state index is -1.42. The van der Waals surface area contributed by atoms with Crippen molar-refractivity contribution in [2.45, 2.75) is 145 Å². The van der Waals surface area contributed by atoms with Crippen LogP contribution in [0.15, 0.2) is 0 Å². The van der Waals surface area contributed by atoms with E-state index < -0.39 is 83.1 Å². The molecule has 0 aromatic carbocycles. The van der Waals surface area contributed by atoms with Gasteiger partial charge in [-0.05, 0) is 61.2 Å². The third kappa shape index (κ3) is 4.55. The Morgan fingerprint density at radius 2 is 1.63 bits per heavy atom. The normalized spacial score (nSPS) is 57.2. The number of rotatable bonds is 8. The standard InChI is InChI=1S/C32H54O11/c1-15(13-33)6-5-7-16(2)21-23(37)24(38)26-29(21,3)10-9-19-30(4)11-8-18(42-28-25(39)22(36)17(34)14-41-28)27-32(30,43-27)20(35)12-31(19,26)40/h15-28,33-40H,5-14H2,1-4H3/t15-,16+,17+,18-,19+,20+,21-,22?,23+,24-,25-,26+,27-,28-,29+,30+,31-,32-/m0/s1. The van der Waals surface area contributed by atoms with Gasteiger partial charge in [-0.1, -0.05) is 40.5 Å². The monoisotopic (exact) mass is 614 g/mol. The lowest BCUT2D eigenvalue weighted by Gasteiger charge is -2.65. The van der Waals surface area contributed by atoms with Crippen LogP contribution >= 0.6 is 0 Å². The molecule has 4 aliphatic carbocycles. The van der Waals surface area contributed by atoms with E-state index in [-0.39, 0.29) is 43.3 Å². The number of epoxide rings is 1. The van der Waals surface area contributed by atoms with Crippen LogP contribution in [0.3, 0.4) is 0 Å². The first kappa shape index (κ1) is 32.5. The van der Waals surface area contributed by atoms with Gasteiger partial charge < -0.3 is 55.1 Å². The molecule has 4 saturated carbocycles. The van der Waals surface area contributed by atoms with E-state index in [4.69, 9.17) is 14.2 Å². The fourth-order valence-electron chi connectivity index (χ4n) is 11.2. The molecule has 18 atom stereocenters. The molecule has 2 saturated heterocycles. The first-order chi connectivity index (χ1) is 20.2. The molecular formula is C32H54O11. The van der Waals surface area contributed by atoms with E-state index in [0.717, 1.165) is 25.7 Å². The molecule has 0 bridgehead atoms. The topological polar surface area (TPSA) is 193 Å². The van der Waals surface area contributed by atoms with Gasteiger partial charge in [-0.3, -0.25) is 0 Å². The number of ether oxygens (including phenoxy) is 3. The molecule has 1 unspecified atom stereocenters. The van der Waals surface area contributed by atoms with Crippen molar-refractivity contribution < 1.29 is 55.1 Å². The second-order valence-corrected chi connectivity index (χ2v) is 15.7. The van der Waals surface area contributed by atoms with E-state index in [2.05, 4.69) is 20.8 Å². The largest absolute Gasteiger partial charge is 0.396 e. The zero-order valence-corrected chi connectivity index (χ0v) is 26.0. The maximum absolute atomic E-state index is 12.7. The van der Waals surface area contributed by atoms with Gasteiger partial charge in [0.25, 0.3) is 0 Å². The highest BCUT2D eigenvalue weighted by Crippen LogP contribution is 2.75. The summed E-state index contributed by atoms with van der Waals surface area (Å²) >= 11 is 0.